The van der Waals surface area contributed by atoms with Crippen molar-refractivity contribution in [2.75, 3.05) is 5.32 Å². The molecule has 32 heavy (non-hydrogen) atoms. The highest BCUT2D eigenvalue weighted by Crippen LogP contribution is 2.28. The number of rotatable bonds is 7. The molecule has 1 aromatic carbocycles. The van der Waals surface area contributed by atoms with Crippen molar-refractivity contribution >= 4 is 17.4 Å². The molecule has 162 valence electrons. The van der Waals surface area contributed by atoms with E-state index < -0.39 is 5.82 Å². The van der Waals surface area contributed by atoms with E-state index >= 15 is 0 Å². The maximum atomic E-state index is 13.3. The van der Waals surface area contributed by atoms with E-state index in [0.717, 1.165) is 11.9 Å². The molecule has 0 radical (unpaired) electrons. The van der Waals surface area contributed by atoms with Crippen molar-refractivity contribution in [1.29, 1.82) is 0 Å². The molecule has 0 aliphatic carbocycles. The lowest BCUT2D eigenvalue weighted by Crippen LogP contribution is -2.23. The fraction of sp³-hybridized carbons (Fsp3) is 0.130. The van der Waals surface area contributed by atoms with Crippen molar-refractivity contribution in [1.82, 2.24) is 25.1 Å². The summed E-state index contributed by atoms with van der Waals surface area (Å²) in [6.45, 7) is 1.98. The molecule has 1 amide bonds. The Morgan fingerprint density at radius 2 is 2.06 bits per heavy atom. The molecule has 0 bridgehead atoms. The van der Waals surface area contributed by atoms with Crippen LogP contribution in [0.2, 0.25) is 0 Å². The van der Waals surface area contributed by atoms with Crippen molar-refractivity contribution in [3.05, 3.63) is 89.9 Å². The quantitative estimate of drug-likeness (QED) is 0.456. The predicted molar refractivity (Wildman–Crippen MR) is 117 cm³/mol. The highest BCUT2D eigenvalue weighted by atomic mass is 19.1. The van der Waals surface area contributed by atoms with Gasteiger partial charge in [0.05, 0.1) is 18.1 Å². The van der Waals surface area contributed by atoms with E-state index in [2.05, 4.69) is 25.7 Å². The summed E-state index contributed by atoms with van der Waals surface area (Å²) in [7, 11) is 1.83. The topological polar surface area (TPSA) is 94.0 Å². The van der Waals surface area contributed by atoms with Crippen LogP contribution in [0.1, 0.15) is 21.5 Å². The summed E-state index contributed by atoms with van der Waals surface area (Å²) < 4.78 is 21.0. The van der Waals surface area contributed by atoms with E-state index in [0.29, 0.717) is 34.0 Å². The minimum Gasteiger partial charge on any atom is -0.457 e. The molecule has 0 fully saturated rings. The molecule has 8 nitrogen and oxygen atoms in total. The first-order chi connectivity index (χ1) is 15.5. The van der Waals surface area contributed by atoms with Gasteiger partial charge >= 0.3 is 0 Å². The zero-order valence-electron chi connectivity index (χ0n) is 17.5. The Balaban J connectivity index is 1.46. The second-order valence-electron chi connectivity index (χ2n) is 7.13. The number of hydrogen-bond donors (Lipinski definition) is 2. The molecule has 2 N–H and O–H groups in total. The third-order valence-electron chi connectivity index (χ3n) is 4.68. The highest BCUT2D eigenvalue weighted by molar-refractivity contribution is 5.96. The summed E-state index contributed by atoms with van der Waals surface area (Å²) in [5.41, 5.74) is 2.53. The minimum absolute atomic E-state index is 0.168. The molecule has 9 heteroatoms. The van der Waals surface area contributed by atoms with Gasteiger partial charge in [-0.1, -0.05) is 6.07 Å². The fourth-order valence-electron chi connectivity index (χ4n) is 3.10. The fourth-order valence-corrected chi connectivity index (χ4v) is 3.10. The van der Waals surface area contributed by atoms with Gasteiger partial charge in [0.15, 0.2) is 0 Å². The van der Waals surface area contributed by atoms with Gasteiger partial charge in [-0.2, -0.15) is 5.10 Å². The Kier molecular flexibility index (Phi) is 6.07. The number of pyridine rings is 2. The number of hydrogen-bond acceptors (Lipinski definition) is 6. The van der Waals surface area contributed by atoms with Crippen molar-refractivity contribution < 1.29 is 13.9 Å². The van der Waals surface area contributed by atoms with Crippen LogP contribution in [-0.2, 0) is 13.6 Å². The van der Waals surface area contributed by atoms with Crippen LogP contribution < -0.4 is 15.4 Å². The van der Waals surface area contributed by atoms with E-state index in [1.165, 1.54) is 12.3 Å². The van der Waals surface area contributed by atoms with E-state index in [-0.39, 0.29) is 12.5 Å². The molecule has 0 aliphatic rings. The Bertz CT molecular complexity index is 1260. The van der Waals surface area contributed by atoms with Crippen molar-refractivity contribution in [3.63, 3.8) is 0 Å². The van der Waals surface area contributed by atoms with Gasteiger partial charge in [0.1, 0.15) is 23.1 Å². The zero-order chi connectivity index (χ0) is 22.5. The highest BCUT2D eigenvalue weighted by Gasteiger charge is 2.13. The number of nitrogens with zero attached hydrogens (tertiary/aromatic N) is 4. The summed E-state index contributed by atoms with van der Waals surface area (Å²) in [6.07, 6.45) is 7.79. The van der Waals surface area contributed by atoms with Crippen molar-refractivity contribution in [2.45, 2.75) is 13.5 Å². The average Bonchev–Trinajstić information content (AvgIpc) is 3.18. The van der Waals surface area contributed by atoms with Gasteiger partial charge in [-0.3, -0.25) is 14.5 Å². The number of nitrogens with one attached hydrogen (secondary N) is 2. The van der Waals surface area contributed by atoms with E-state index in [1.807, 2.05) is 20.2 Å². The number of aromatic nitrogens is 4. The second-order valence-corrected chi connectivity index (χ2v) is 7.13. The third kappa shape index (κ3) is 5.07. The van der Waals surface area contributed by atoms with Gasteiger partial charge in [0, 0.05) is 49.4 Å². The number of aryl methyl sites for hydroxylation is 1. The lowest BCUT2D eigenvalue weighted by atomic mass is 10.1. The number of benzene rings is 1. The summed E-state index contributed by atoms with van der Waals surface area (Å²) in [5.74, 6) is 0.983. The van der Waals surface area contributed by atoms with Gasteiger partial charge in [-0.05, 0) is 36.8 Å². The number of halogens is 1. The van der Waals surface area contributed by atoms with Crippen molar-refractivity contribution in [2.24, 2.45) is 7.05 Å². The van der Waals surface area contributed by atoms with Crippen LogP contribution in [0.25, 0.3) is 0 Å². The second kappa shape index (κ2) is 9.25. The number of anilines is 2. The molecule has 0 saturated heterocycles. The minimum atomic E-state index is -0.446. The number of carbonyl (C=O) groups is 1. The molecule has 0 saturated carbocycles. The summed E-state index contributed by atoms with van der Waals surface area (Å²) in [6, 6.07) is 10.1. The average molecular weight is 432 g/mol. The first kappa shape index (κ1) is 21.0. The van der Waals surface area contributed by atoms with Crippen LogP contribution in [0, 0.1) is 12.7 Å². The van der Waals surface area contributed by atoms with Gasteiger partial charge in [-0.15, -0.1) is 0 Å². The molecule has 0 aliphatic heterocycles. The third-order valence-corrected chi connectivity index (χ3v) is 4.68. The van der Waals surface area contributed by atoms with Gasteiger partial charge in [0.25, 0.3) is 5.91 Å². The van der Waals surface area contributed by atoms with E-state index in [4.69, 9.17) is 4.74 Å². The number of amides is 1. The molecule has 0 spiro atoms. The molecule has 4 aromatic rings. The lowest BCUT2D eigenvalue weighted by Gasteiger charge is -2.13. The molecule has 0 atom stereocenters. The molecular weight excluding hydrogens is 411 g/mol. The van der Waals surface area contributed by atoms with Crippen molar-refractivity contribution in [3.8, 4) is 11.5 Å². The Hall–Kier alpha value is -4.27. The number of ether oxygens (including phenoxy) is 1. The smallest absolute Gasteiger partial charge is 0.251 e. The molecular formula is C23H21FN6O2. The first-order valence-corrected chi connectivity index (χ1v) is 9.85. The molecule has 3 aromatic heterocycles. The van der Waals surface area contributed by atoms with Gasteiger partial charge in [0.2, 0.25) is 0 Å². The van der Waals surface area contributed by atoms with Crippen LogP contribution in [0.5, 0.6) is 11.5 Å². The monoisotopic (exact) mass is 432 g/mol. The van der Waals surface area contributed by atoms with Crippen LogP contribution in [-0.4, -0.2) is 25.7 Å². The maximum Gasteiger partial charge on any atom is 0.251 e. The first-order valence-electron chi connectivity index (χ1n) is 9.85. The lowest BCUT2D eigenvalue weighted by molar-refractivity contribution is 0.0950. The van der Waals surface area contributed by atoms with E-state index in [9.17, 15) is 9.18 Å². The van der Waals surface area contributed by atoms with Gasteiger partial charge < -0.3 is 15.4 Å². The standard InChI is InChI=1S/C23H21FN6O2/c1-15-20(23(31)27-11-16-8-17(24)12-25-10-16)4-3-5-21(15)32-19-6-7-26-22(9-19)29-18-13-28-30(2)14-18/h3-10,12-14H,11H2,1-2H3,(H,26,29)(H,27,31). The Morgan fingerprint density at radius 1 is 1.19 bits per heavy atom. The van der Waals surface area contributed by atoms with Crippen LogP contribution in [0.3, 0.4) is 0 Å². The number of carbonyl (C=O) groups excluding carboxylic acids is 1. The Morgan fingerprint density at radius 3 is 2.84 bits per heavy atom. The van der Waals surface area contributed by atoms with Crippen LogP contribution in [0.4, 0.5) is 15.9 Å². The molecule has 4 rings (SSSR count). The largest absolute Gasteiger partial charge is 0.457 e. The molecule has 3 heterocycles. The van der Waals surface area contributed by atoms with Crippen LogP contribution in [0.15, 0.2) is 67.4 Å². The summed E-state index contributed by atoms with van der Waals surface area (Å²) in [5, 5.41) is 10.1. The SMILES string of the molecule is Cc1c(Oc2ccnc(Nc3cnn(C)c3)c2)cccc1C(=O)NCc1cncc(F)c1. The maximum absolute atomic E-state index is 13.3. The normalized spacial score (nSPS) is 10.6. The summed E-state index contributed by atoms with van der Waals surface area (Å²) in [4.78, 5) is 20.8. The Labute approximate surface area is 184 Å². The van der Waals surface area contributed by atoms with Gasteiger partial charge in [-0.25, -0.2) is 9.37 Å². The summed E-state index contributed by atoms with van der Waals surface area (Å²) >= 11 is 0. The van der Waals surface area contributed by atoms with Crippen LogP contribution >= 0.6 is 0 Å². The van der Waals surface area contributed by atoms with E-state index in [1.54, 1.807) is 47.4 Å². The molecule has 0 unspecified atom stereocenters. The predicted octanol–water partition coefficient (Wildman–Crippen LogP) is 4.12. The zero-order valence-corrected chi connectivity index (χ0v) is 17.5.